The molecule has 0 unspecified atom stereocenters. The second-order valence-electron chi connectivity index (χ2n) is 5.76. The summed E-state index contributed by atoms with van der Waals surface area (Å²) in [6.07, 6.45) is 6.31. The van der Waals surface area contributed by atoms with Gasteiger partial charge in [-0.2, -0.15) is 4.98 Å². The molecule has 0 aromatic carbocycles. The van der Waals surface area contributed by atoms with Gasteiger partial charge >= 0.3 is 6.03 Å². The van der Waals surface area contributed by atoms with E-state index in [4.69, 9.17) is 4.74 Å². The van der Waals surface area contributed by atoms with E-state index in [0.717, 1.165) is 12.8 Å². The van der Waals surface area contributed by atoms with Crippen LogP contribution in [0.15, 0.2) is 23.7 Å². The summed E-state index contributed by atoms with van der Waals surface area (Å²) in [6, 6.07) is 3.28. The quantitative estimate of drug-likeness (QED) is 0.864. The van der Waals surface area contributed by atoms with Crippen molar-refractivity contribution < 1.29 is 14.6 Å². The van der Waals surface area contributed by atoms with Gasteiger partial charge in [-0.1, -0.05) is 12.8 Å². The topological polar surface area (TPSA) is 87.6 Å². The lowest BCUT2D eigenvalue weighted by Crippen LogP contribution is -2.38. The van der Waals surface area contributed by atoms with Gasteiger partial charge < -0.3 is 9.84 Å². The summed E-state index contributed by atoms with van der Waals surface area (Å²) in [5.74, 6) is 0.899. The summed E-state index contributed by atoms with van der Waals surface area (Å²) in [5.41, 5.74) is 0.709. The summed E-state index contributed by atoms with van der Waals surface area (Å²) in [4.78, 5) is 22.4. The highest BCUT2D eigenvalue weighted by Crippen LogP contribution is 2.28. The number of hydrogen-bond acceptors (Lipinski definition) is 6. The minimum absolute atomic E-state index is 0.0937. The normalized spacial score (nSPS) is 14.5. The lowest BCUT2D eigenvalue weighted by atomic mass is 10.1. The van der Waals surface area contributed by atoms with E-state index in [1.54, 1.807) is 24.3 Å². The number of amides is 2. The summed E-state index contributed by atoms with van der Waals surface area (Å²) in [6.45, 7) is 0.636. The van der Waals surface area contributed by atoms with E-state index in [1.165, 1.54) is 29.6 Å². The molecule has 0 atom stereocenters. The number of aromatic nitrogens is 2. The summed E-state index contributed by atoms with van der Waals surface area (Å²) < 4.78 is 5.07. The third-order valence-electron chi connectivity index (χ3n) is 4.11. The molecule has 1 fully saturated rings. The van der Waals surface area contributed by atoms with Gasteiger partial charge in [-0.3, -0.25) is 10.2 Å². The van der Waals surface area contributed by atoms with Crippen LogP contribution in [0.25, 0.3) is 0 Å². The number of pyridine rings is 1. The second-order valence-corrected chi connectivity index (χ2v) is 6.62. The molecule has 1 saturated carbocycles. The van der Waals surface area contributed by atoms with Gasteiger partial charge in [-0.25, -0.2) is 9.78 Å². The van der Waals surface area contributed by atoms with E-state index in [-0.39, 0.29) is 11.9 Å². The van der Waals surface area contributed by atoms with Crippen LogP contribution in [0.5, 0.6) is 11.8 Å². The molecular weight excluding hydrogens is 328 g/mol. The summed E-state index contributed by atoms with van der Waals surface area (Å²) in [7, 11) is 1.56. The average Bonchev–Trinajstić information content (AvgIpc) is 3.24. The van der Waals surface area contributed by atoms with Gasteiger partial charge in [0.1, 0.15) is 0 Å². The SMILES string of the molecule is COc1ccc(N(CC2CCCC2)C(=O)Nc2nc(O)cs2)cn1. The molecule has 1 aliphatic carbocycles. The Balaban J connectivity index is 1.78. The molecule has 2 N–H and O–H groups in total. The van der Waals surface area contributed by atoms with Crippen LogP contribution < -0.4 is 15.0 Å². The van der Waals surface area contributed by atoms with Gasteiger partial charge in [0.25, 0.3) is 0 Å². The lowest BCUT2D eigenvalue weighted by Gasteiger charge is -2.25. The van der Waals surface area contributed by atoms with Crippen molar-refractivity contribution in [3.63, 3.8) is 0 Å². The molecule has 2 aromatic rings. The largest absolute Gasteiger partial charge is 0.493 e. The fourth-order valence-electron chi connectivity index (χ4n) is 2.89. The fourth-order valence-corrected chi connectivity index (χ4v) is 3.45. The molecule has 2 amide bonds. The van der Waals surface area contributed by atoms with Crippen LogP contribution in [-0.4, -0.2) is 34.8 Å². The Kier molecular flexibility index (Phi) is 5.14. The number of aromatic hydroxyl groups is 1. The molecule has 1 aliphatic rings. The molecule has 0 radical (unpaired) electrons. The number of thiazole rings is 1. The lowest BCUT2D eigenvalue weighted by molar-refractivity contribution is 0.255. The minimum Gasteiger partial charge on any atom is -0.493 e. The molecule has 7 nitrogen and oxygen atoms in total. The van der Waals surface area contributed by atoms with E-state index in [9.17, 15) is 9.90 Å². The average molecular weight is 348 g/mol. The minimum atomic E-state index is -0.275. The highest BCUT2D eigenvalue weighted by Gasteiger charge is 2.24. The molecule has 0 spiro atoms. The van der Waals surface area contributed by atoms with Crippen LogP contribution in [0.3, 0.4) is 0 Å². The summed E-state index contributed by atoms with van der Waals surface area (Å²) in [5, 5.41) is 13.9. The van der Waals surface area contributed by atoms with Crippen LogP contribution in [0.4, 0.5) is 15.6 Å². The Morgan fingerprint density at radius 3 is 2.83 bits per heavy atom. The van der Waals surface area contributed by atoms with E-state index >= 15 is 0 Å². The van der Waals surface area contributed by atoms with Crippen molar-refractivity contribution in [1.82, 2.24) is 9.97 Å². The third-order valence-corrected chi connectivity index (χ3v) is 4.85. The highest BCUT2D eigenvalue weighted by molar-refractivity contribution is 7.14. The van der Waals surface area contributed by atoms with Gasteiger partial charge in [-0.05, 0) is 24.8 Å². The van der Waals surface area contributed by atoms with Crippen LogP contribution >= 0.6 is 11.3 Å². The smallest absolute Gasteiger partial charge is 0.328 e. The number of anilines is 2. The Bertz CT molecular complexity index is 683. The first-order chi connectivity index (χ1) is 11.7. The number of carbonyl (C=O) groups excluding carboxylic acids is 1. The van der Waals surface area contributed by atoms with Gasteiger partial charge in [-0.15, -0.1) is 11.3 Å². The molecule has 2 aromatic heterocycles. The maximum Gasteiger partial charge on any atom is 0.328 e. The first kappa shape index (κ1) is 16.5. The zero-order valence-corrected chi connectivity index (χ0v) is 14.3. The first-order valence-corrected chi connectivity index (χ1v) is 8.76. The van der Waals surface area contributed by atoms with Crippen molar-refractivity contribution in [2.24, 2.45) is 5.92 Å². The van der Waals surface area contributed by atoms with Gasteiger partial charge in [0.05, 0.1) is 24.4 Å². The highest BCUT2D eigenvalue weighted by atomic mass is 32.1. The summed E-state index contributed by atoms with van der Waals surface area (Å²) >= 11 is 1.18. The van der Waals surface area contributed by atoms with Crippen molar-refractivity contribution >= 4 is 28.2 Å². The number of urea groups is 1. The van der Waals surface area contributed by atoms with Gasteiger partial charge in [0.15, 0.2) is 5.13 Å². The molecule has 8 heteroatoms. The van der Waals surface area contributed by atoms with Crippen molar-refractivity contribution in [2.45, 2.75) is 25.7 Å². The van der Waals surface area contributed by atoms with Crippen LogP contribution in [0.1, 0.15) is 25.7 Å². The molecule has 128 valence electrons. The molecule has 2 heterocycles. The number of nitrogens with zero attached hydrogens (tertiary/aromatic N) is 3. The Hall–Kier alpha value is -2.35. The molecule has 0 bridgehead atoms. The molecular formula is C16H20N4O3S. The maximum absolute atomic E-state index is 12.7. The zero-order valence-electron chi connectivity index (χ0n) is 13.4. The van der Waals surface area contributed by atoms with E-state index in [0.29, 0.717) is 29.2 Å². The monoisotopic (exact) mass is 348 g/mol. The first-order valence-electron chi connectivity index (χ1n) is 7.89. The number of carbonyl (C=O) groups is 1. The second kappa shape index (κ2) is 7.48. The number of rotatable bonds is 5. The number of ether oxygens (including phenoxy) is 1. The van der Waals surface area contributed by atoms with E-state index < -0.39 is 0 Å². The molecule has 3 rings (SSSR count). The predicted octanol–water partition coefficient (Wildman–Crippen LogP) is 3.48. The van der Waals surface area contributed by atoms with Crippen LogP contribution in [0, 0.1) is 5.92 Å². The fraction of sp³-hybridized carbons (Fsp3) is 0.438. The van der Waals surface area contributed by atoms with Crippen molar-refractivity contribution in [1.29, 1.82) is 0 Å². The van der Waals surface area contributed by atoms with Crippen molar-refractivity contribution in [3.8, 4) is 11.8 Å². The number of nitrogens with one attached hydrogen (secondary N) is 1. The van der Waals surface area contributed by atoms with Crippen molar-refractivity contribution in [3.05, 3.63) is 23.7 Å². The number of hydrogen-bond donors (Lipinski definition) is 2. The molecule has 24 heavy (non-hydrogen) atoms. The Labute approximate surface area is 144 Å². The predicted molar refractivity (Wildman–Crippen MR) is 92.9 cm³/mol. The van der Waals surface area contributed by atoms with Crippen LogP contribution in [-0.2, 0) is 0 Å². The molecule has 0 aliphatic heterocycles. The van der Waals surface area contributed by atoms with Gasteiger partial charge in [0, 0.05) is 12.6 Å². The Morgan fingerprint density at radius 1 is 1.46 bits per heavy atom. The van der Waals surface area contributed by atoms with E-state index in [2.05, 4.69) is 15.3 Å². The zero-order chi connectivity index (χ0) is 16.9. The standard InChI is InChI=1S/C16H20N4O3S/c1-23-14-7-6-12(8-17-14)20(9-11-4-2-3-5-11)16(22)19-15-18-13(21)10-24-15/h6-8,10-11,21H,2-5,9H2,1H3,(H,18,19,22). The van der Waals surface area contributed by atoms with Crippen molar-refractivity contribution in [2.75, 3.05) is 23.9 Å². The third kappa shape index (κ3) is 3.94. The maximum atomic E-state index is 12.7. The Morgan fingerprint density at radius 2 is 2.25 bits per heavy atom. The molecule has 0 saturated heterocycles. The van der Waals surface area contributed by atoms with E-state index in [1.807, 2.05) is 6.07 Å². The number of methoxy groups -OCH3 is 1. The van der Waals surface area contributed by atoms with Gasteiger partial charge in [0.2, 0.25) is 11.8 Å². The van der Waals surface area contributed by atoms with Crippen LogP contribution in [0.2, 0.25) is 0 Å².